The molecule has 168 valence electrons. The van der Waals surface area contributed by atoms with E-state index in [2.05, 4.69) is 28.9 Å². The van der Waals surface area contributed by atoms with Gasteiger partial charge in [-0.15, -0.1) is 11.8 Å². The van der Waals surface area contributed by atoms with E-state index in [0.717, 1.165) is 12.8 Å². The summed E-state index contributed by atoms with van der Waals surface area (Å²) in [5.41, 5.74) is 1.61. The van der Waals surface area contributed by atoms with Crippen LogP contribution in [0, 0.1) is 35.5 Å². The van der Waals surface area contributed by atoms with Crippen LogP contribution in [0.3, 0.4) is 0 Å². The van der Waals surface area contributed by atoms with Gasteiger partial charge in [0.2, 0.25) is 0 Å². The Morgan fingerprint density at radius 3 is 2.73 bits per heavy atom. The number of hydrogen-bond donors (Lipinski definition) is 2. The second kappa shape index (κ2) is 12.1. The average Bonchev–Trinajstić information content (AvgIpc) is 3.27. The lowest BCUT2D eigenvalue weighted by atomic mass is 9.89. The summed E-state index contributed by atoms with van der Waals surface area (Å²) in [6, 6.07) is 0. The molecule has 0 radical (unpaired) electrons. The molecule has 6 atom stereocenters. The normalized spacial score (nSPS) is 32.9. The topological polar surface area (TPSA) is 43.7 Å². The number of hydrogen-bond acceptors (Lipinski definition) is 3. The Hall–Kier alpha value is -1.08. The molecule has 3 fully saturated rings. The maximum absolute atomic E-state index is 10.6. The predicted molar refractivity (Wildman–Crippen MR) is 125 cm³/mol. The van der Waals surface area contributed by atoms with Crippen LogP contribution < -0.4 is 0 Å². The molecule has 3 heteroatoms. The highest BCUT2D eigenvalue weighted by atomic mass is 16.3. The van der Waals surface area contributed by atoms with Gasteiger partial charge in [-0.25, -0.2) is 0 Å². The van der Waals surface area contributed by atoms with E-state index in [-0.39, 0.29) is 17.9 Å². The summed E-state index contributed by atoms with van der Waals surface area (Å²) in [5, 5.41) is 21.0. The van der Waals surface area contributed by atoms with Crippen molar-refractivity contribution in [1.82, 2.24) is 4.90 Å². The summed E-state index contributed by atoms with van der Waals surface area (Å²) in [6.45, 7) is 7.76. The molecule has 30 heavy (non-hydrogen) atoms. The van der Waals surface area contributed by atoms with Gasteiger partial charge in [-0.05, 0) is 95.7 Å². The van der Waals surface area contributed by atoms with Crippen molar-refractivity contribution in [1.29, 1.82) is 0 Å². The maximum Gasteiger partial charge on any atom is 0.0755 e. The highest BCUT2D eigenvalue weighted by Gasteiger charge is 2.44. The van der Waals surface area contributed by atoms with Crippen LogP contribution in [-0.2, 0) is 0 Å². The number of rotatable bonds is 9. The molecule has 0 amide bonds. The lowest BCUT2D eigenvalue weighted by molar-refractivity contribution is 0.137. The van der Waals surface area contributed by atoms with Crippen molar-refractivity contribution in [2.24, 2.45) is 23.7 Å². The van der Waals surface area contributed by atoms with E-state index in [1.165, 1.54) is 64.6 Å². The van der Waals surface area contributed by atoms with Crippen molar-refractivity contribution in [3.05, 3.63) is 23.8 Å². The van der Waals surface area contributed by atoms with Crippen molar-refractivity contribution in [3.8, 4) is 11.8 Å². The van der Waals surface area contributed by atoms with E-state index in [9.17, 15) is 10.2 Å². The molecule has 2 saturated carbocycles. The molecule has 0 aromatic heterocycles. The van der Waals surface area contributed by atoms with Gasteiger partial charge in [-0.2, -0.15) is 0 Å². The van der Waals surface area contributed by atoms with Gasteiger partial charge in [0.15, 0.2) is 0 Å². The minimum absolute atomic E-state index is 0.131. The molecule has 1 aliphatic heterocycles. The van der Waals surface area contributed by atoms with Crippen molar-refractivity contribution in [2.75, 3.05) is 19.6 Å². The summed E-state index contributed by atoms with van der Waals surface area (Å²) >= 11 is 0. The van der Waals surface area contributed by atoms with Gasteiger partial charge in [0.1, 0.15) is 0 Å². The Kier molecular flexibility index (Phi) is 9.50. The molecule has 3 rings (SSSR count). The van der Waals surface area contributed by atoms with Crippen LogP contribution in [0.15, 0.2) is 23.8 Å². The van der Waals surface area contributed by atoms with E-state index >= 15 is 0 Å². The summed E-state index contributed by atoms with van der Waals surface area (Å²) in [7, 11) is 0. The van der Waals surface area contributed by atoms with Crippen molar-refractivity contribution in [2.45, 2.75) is 90.3 Å². The minimum Gasteiger partial charge on any atom is -0.392 e. The largest absolute Gasteiger partial charge is 0.392 e. The maximum atomic E-state index is 10.6. The van der Waals surface area contributed by atoms with Crippen LogP contribution in [0.1, 0.15) is 78.1 Å². The first-order valence-electron chi connectivity index (χ1n) is 12.4. The van der Waals surface area contributed by atoms with Gasteiger partial charge in [0.25, 0.3) is 0 Å². The molecule has 0 aromatic carbocycles. The van der Waals surface area contributed by atoms with E-state index in [1.54, 1.807) is 5.57 Å². The zero-order chi connectivity index (χ0) is 21.3. The lowest BCUT2D eigenvalue weighted by Gasteiger charge is -2.26. The lowest BCUT2D eigenvalue weighted by Crippen LogP contribution is -2.30. The second-order valence-electron chi connectivity index (χ2n) is 9.96. The van der Waals surface area contributed by atoms with E-state index in [1.807, 2.05) is 19.9 Å². The number of nitrogens with zero attached hydrogens (tertiary/aromatic N) is 1. The zero-order valence-corrected chi connectivity index (χ0v) is 19.2. The Morgan fingerprint density at radius 2 is 1.97 bits per heavy atom. The van der Waals surface area contributed by atoms with Gasteiger partial charge < -0.3 is 15.1 Å². The van der Waals surface area contributed by atoms with Gasteiger partial charge in [-0.3, -0.25) is 0 Å². The number of piperidine rings is 1. The quantitative estimate of drug-likeness (QED) is 0.320. The van der Waals surface area contributed by atoms with Gasteiger partial charge >= 0.3 is 0 Å². The number of likely N-dealkylation sites (tertiary alicyclic amines) is 1. The summed E-state index contributed by atoms with van der Waals surface area (Å²) < 4.78 is 0. The Labute approximate surface area is 184 Å². The highest BCUT2D eigenvalue weighted by Crippen LogP contribution is 2.50. The zero-order valence-electron chi connectivity index (χ0n) is 19.2. The van der Waals surface area contributed by atoms with Crippen LogP contribution in [0.5, 0.6) is 0 Å². The fraction of sp³-hybridized carbons (Fsp3) is 0.778. The first-order chi connectivity index (χ1) is 14.6. The molecule has 3 nitrogen and oxygen atoms in total. The molecule has 0 aromatic rings. The van der Waals surface area contributed by atoms with Crippen molar-refractivity contribution in [3.63, 3.8) is 0 Å². The van der Waals surface area contributed by atoms with Crippen LogP contribution in [0.25, 0.3) is 0 Å². The third kappa shape index (κ3) is 6.71. The van der Waals surface area contributed by atoms with Crippen molar-refractivity contribution < 1.29 is 10.2 Å². The summed E-state index contributed by atoms with van der Waals surface area (Å²) in [6.07, 6.45) is 17.7. The molecule has 1 saturated heterocycles. The SMILES string of the molecule is CC#CC[C@H](C)[C@@H](O)/C=C/[C@@H]1[C@H]2CC(=CCCCCN3CCCCC3)C[C@H]2C[C@H]1O. The minimum atomic E-state index is -0.478. The molecule has 0 unspecified atom stereocenters. The molecular formula is C27H43NO2. The Bertz CT molecular complexity index is 637. The van der Waals surface area contributed by atoms with Gasteiger partial charge in [0.05, 0.1) is 12.2 Å². The molecule has 3 aliphatic rings. The predicted octanol–water partition coefficient (Wildman–Crippen LogP) is 4.94. The standard InChI is InChI=1S/C27H43NO2/c1-3-4-11-21(2)26(29)14-13-24-25-19-22(18-23(25)20-27(24)30)12-7-5-8-15-28-16-9-6-10-17-28/h12-14,21,23-27,29-30H,5-11,15-20H2,1-2H3/b14-13+,22-12?/t21-,23-,24+,25-,26-,27+/m0/s1. The van der Waals surface area contributed by atoms with E-state index < -0.39 is 6.10 Å². The van der Waals surface area contributed by atoms with Gasteiger partial charge in [-0.1, -0.05) is 37.1 Å². The Balaban J connectivity index is 1.42. The molecule has 1 heterocycles. The smallest absolute Gasteiger partial charge is 0.0755 e. The van der Waals surface area contributed by atoms with E-state index in [0.29, 0.717) is 18.3 Å². The number of allylic oxidation sites excluding steroid dienone is 2. The van der Waals surface area contributed by atoms with Gasteiger partial charge in [0, 0.05) is 12.3 Å². The molecular weight excluding hydrogens is 370 g/mol. The molecule has 0 spiro atoms. The molecule has 2 aliphatic carbocycles. The fourth-order valence-electron chi connectivity index (χ4n) is 5.72. The average molecular weight is 414 g/mol. The van der Waals surface area contributed by atoms with Crippen molar-refractivity contribution >= 4 is 0 Å². The number of fused-ring (bicyclic) bond motifs is 1. The van der Waals surface area contributed by atoms with Crippen LogP contribution in [0.2, 0.25) is 0 Å². The number of aliphatic hydroxyl groups is 2. The third-order valence-electron chi connectivity index (χ3n) is 7.64. The van der Waals surface area contributed by atoms with E-state index in [4.69, 9.17) is 0 Å². The van der Waals surface area contributed by atoms with Crippen LogP contribution >= 0.6 is 0 Å². The number of unbranched alkanes of at least 4 members (excludes halogenated alkanes) is 2. The van der Waals surface area contributed by atoms with Crippen LogP contribution in [-0.4, -0.2) is 47.0 Å². The highest BCUT2D eigenvalue weighted by molar-refractivity contribution is 5.18. The first kappa shape index (κ1) is 23.6. The monoisotopic (exact) mass is 413 g/mol. The first-order valence-corrected chi connectivity index (χ1v) is 12.4. The summed E-state index contributed by atoms with van der Waals surface area (Å²) in [5.74, 6) is 7.45. The second-order valence-corrected chi connectivity index (χ2v) is 9.96. The fourth-order valence-corrected chi connectivity index (χ4v) is 5.72. The third-order valence-corrected chi connectivity index (χ3v) is 7.64. The summed E-state index contributed by atoms with van der Waals surface area (Å²) in [4.78, 5) is 2.64. The Morgan fingerprint density at radius 1 is 1.17 bits per heavy atom. The molecule has 2 N–H and O–H groups in total. The molecule has 0 bridgehead atoms. The van der Waals surface area contributed by atoms with Crippen LogP contribution in [0.4, 0.5) is 0 Å². The number of aliphatic hydroxyl groups excluding tert-OH is 2.